The first kappa shape index (κ1) is 11.3. The molecule has 0 saturated carbocycles. The Bertz CT molecular complexity index is 594. The summed E-state index contributed by atoms with van der Waals surface area (Å²) in [4.78, 5) is 5.96. The van der Waals surface area contributed by atoms with E-state index in [0.29, 0.717) is 0 Å². The van der Waals surface area contributed by atoms with E-state index in [1.54, 1.807) is 0 Å². The van der Waals surface area contributed by atoms with Crippen LogP contribution in [0.25, 0.3) is 10.9 Å². The van der Waals surface area contributed by atoms with E-state index in [1.807, 2.05) is 12.2 Å². The van der Waals surface area contributed by atoms with Crippen LogP contribution in [-0.4, -0.2) is 23.0 Å². The molecule has 1 N–H and O–H groups in total. The van der Waals surface area contributed by atoms with Gasteiger partial charge < -0.3 is 4.98 Å². The van der Waals surface area contributed by atoms with Gasteiger partial charge in [-0.25, -0.2) is 0 Å². The zero-order valence-corrected chi connectivity index (χ0v) is 10.5. The molecule has 1 atom stereocenters. The third-order valence-corrected chi connectivity index (χ3v) is 3.77. The van der Waals surface area contributed by atoms with Crippen molar-refractivity contribution in [1.29, 1.82) is 0 Å². The van der Waals surface area contributed by atoms with Crippen LogP contribution >= 0.6 is 0 Å². The molecular weight excluding hydrogens is 220 g/mol. The number of rotatable bonds is 3. The van der Waals surface area contributed by atoms with Gasteiger partial charge in [-0.15, -0.1) is 13.2 Å². The predicted octanol–water partition coefficient (Wildman–Crippen LogP) is 3.44. The van der Waals surface area contributed by atoms with Crippen LogP contribution in [0.5, 0.6) is 0 Å². The molecule has 1 aliphatic heterocycles. The Morgan fingerprint density at radius 3 is 2.94 bits per heavy atom. The fourth-order valence-electron chi connectivity index (χ4n) is 2.96. The van der Waals surface area contributed by atoms with Gasteiger partial charge in [-0.05, 0) is 18.1 Å². The molecule has 0 aliphatic carbocycles. The first-order valence-corrected chi connectivity index (χ1v) is 6.42. The molecule has 0 bridgehead atoms. The summed E-state index contributed by atoms with van der Waals surface area (Å²) in [7, 11) is 0. The van der Waals surface area contributed by atoms with Crippen molar-refractivity contribution in [2.45, 2.75) is 12.5 Å². The second-order valence-electron chi connectivity index (χ2n) is 4.78. The van der Waals surface area contributed by atoms with Crippen molar-refractivity contribution in [1.82, 2.24) is 9.88 Å². The van der Waals surface area contributed by atoms with Gasteiger partial charge in [0.15, 0.2) is 0 Å². The van der Waals surface area contributed by atoms with E-state index in [-0.39, 0.29) is 6.04 Å². The van der Waals surface area contributed by atoms with Gasteiger partial charge in [0, 0.05) is 29.7 Å². The summed E-state index contributed by atoms with van der Waals surface area (Å²) in [5, 5.41) is 1.36. The van der Waals surface area contributed by atoms with Crippen LogP contribution in [0.1, 0.15) is 17.3 Å². The molecule has 3 rings (SSSR count). The molecule has 0 fully saturated rings. The van der Waals surface area contributed by atoms with Gasteiger partial charge in [0.2, 0.25) is 0 Å². The Hall–Kier alpha value is -1.80. The molecule has 2 heteroatoms. The maximum absolute atomic E-state index is 3.99. The molecule has 2 heterocycles. The lowest BCUT2D eigenvalue weighted by molar-refractivity contribution is 0.241. The average Bonchev–Trinajstić information content (AvgIpc) is 2.77. The highest BCUT2D eigenvalue weighted by Gasteiger charge is 2.27. The largest absolute Gasteiger partial charge is 0.357 e. The van der Waals surface area contributed by atoms with Gasteiger partial charge in [0.25, 0.3) is 0 Å². The summed E-state index contributed by atoms with van der Waals surface area (Å²) >= 11 is 0. The summed E-state index contributed by atoms with van der Waals surface area (Å²) < 4.78 is 0. The van der Waals surface area contributed by atoms with Crippen LogP contribution in [0.3, 0.4) is 0 Å². The number of hydrogen-bond donors (Lipinski definition) is 1. The van der Waals surface area contributed by atoms with Gasteiger partial charge in [-0.1, -0.05) is 30.4 Å². The van der Waals surface area contributed by atoms with Gasteiger partial charge in [-0.3, -0.25) is 4.90 Å². The van der Waals surface area contributed by atoms with Crippen LogP contribution in [0.4, 0.5) is 0 Å². The predicted molar refractivity (Wildman–Crippen MR) is 76.7 cm³/mol. The second kappa shape index (κ2) is 4.46. The molecule has 2 aromatic rings. The number of nitrogens with zero attached hydrogens (tertiary/aromatic N) is 1. The monoisotopic (exact) mass is 238 g/mol. The Labute approximate surface area is 108 Å². The molecule has 18 heavy (non-hydrogen) atoms. The second-order valence-corrected chi connectivity index (χ2v) is 4.78. The zero-order chi connectivity index (χ0) is 12.5. The van der Waals surface area contributed by atoms with Crippen molar-refractivity contribution >= 4 is 10.9 Å². The number of nitrogens with one attached hydrogen (secondary N) is 1. The van der Waals surface area contributed by atoms with Crippen LogP contribution in [0.15, 0.2) is 49.6 Å². The molecule has 1 aliphatic rings. The maximum atomic E-state index is 3.99. The fraction of sp³-hybridized carbons (Fsp3) is 0.250. The SMILES string of the molecule is C=CCN1CCc2c([nH]c3ccccc23)C1C=C. The molecule has 1 aromatic carbocycles. The summed E-state index contributed by atoms with van der Waals surface area (Å²) in [5.74, 6) is 0. The van der Waals surface area contributed by atoms with E-state index in [9.17, 15) is 0 Å². The summed E-state index contributed by atoms with van der Waals surface area (Å²) in [5.41, 5.74) is 3.99. The van der Waals surface area contributed by atoms with Crippen LogP contribution in [0, 0.1) is 0 Å². The first-order valence-electron chi connectivity index (χ1n) is 6.42. The molecule has 0 spiro atoms. The van der Waals surface area contributed by atoms with Crippen molar-refractivity contribution in [3.63, 3.8) is 0 Å². The third kappa shape index (κ3) is 1.61. The smallest absolute Gasteiger partial charge is 0.0687 e. The fourth-order valence-corrected chi connectivity index (χ4v) is 2.96. The van der Waals surface area contributed by atoms with Crippen LogP contribution in [0.2, 0.25) is 0 Å². The van der Waals surface area contributed by atoms with E-state index in [2.05, 4.69) is 47.3 Å². The topological polar surface area (TPSA) is 19.0 Å². The van der Waals surface area contributed by atoms with E-state index >= 15 is 0 Å². The molecular formula is C16H18N2. The Morgan fingerprint density at radius 1 is 1.33 bits per heavy atom. The third-order valence-electron chi connectivity index (χ3n) is 3.77. The normalized spacial score (nSPS) is 19.7. The minimum Gasteiger partial charge on any atom is -0.357 e. The highest BCUT2D eigenvalue weighted by molar-refractivity contribution is 5.85. The van der Waals surface area contributed by atoms with E-state index < -0.39 is 0 Å². The minimum absolute atomic E-state index is 0.277. The van der Waals surface area contributed by atoms with Crippen molar-refractivity contribution in [2.24, 2.45) is 0 Å². The summed E-state index contributed by atoms with van der Waals surface area (Å²) in [6.07, 6.45) is 5.08. The first-order chi connectivity index (χ1) is 8.85. The van der Waals surface area contributed by atoms with Crippen LogP contribution < -0.4 is 0 Å². The number of H-pyrrole nitrogens is 1. The van der Waals surface area contributed by atoms with E-state index in [0.717, 1.165) is 19.5 Å². The number of fused-ring (bicyclic) bond motifs is 3. The highest BCUT2D eigenvalue weighted by atomic mass is 15.2. The molecule has 0 saturated heterocycles. The molecule has 0 amide bonds. The van der Waals surface area contributed by atoms with Gasteiger partial charge in [-0.2, -0.15) is 0 Å². The number of para-hydroxylation sites is 1. The quantitative estimate of drug-likeness (QED) is 0.812. The van der Waals surface area contributed by atoms with Gasteiger partial charge >= 0.3 is 0 Å². The number of benzene rings is 1. The van der Waals surface area contributed by atoms with Gasteiger partial charge in [0.1, 0.15) is 0 Å². The van der Waals surface area contributed by atoms with Gasteiger partial charge in [0.05, 0.1) is 6.04 Å². The molecule has 92 valence electrons. The summed E-state index contributed by atoms with van der Waals surface area (Å²) in [6, 6.07) is 8.81. The summed E-state index contributed by atoms with van der Waals surface area (Å²) in [6.45, 7) is 9.80. The molecule has 1 aromatic heterocycles. The number of hydrogen-bond acceptors (Lipinski definition) is 1. The lowest BCUT2D eigenvalue weighted by atomic mass is 9.97. The average molecular weight is 238 g/mol. The van der Waals surface area contributed by atoms with E-state index in [1.165, 1.54) is 22.2 Å². The number of aromatic nitrogens is 1. The minimum atomic E-state index is 0.277. The molecule has 2 nitrogen and oxygen atoms in total. The number of aromatic amines is 1. The Balaban J connectivity index is 2.13. The van der Waals surface area contributed by atoms with Crippen molar-refractivity contribution in [3.05, 3.63) is 60.8 Å². The maximum Gasteiger partial charge on any atom is 0.0687 e. The zero-order valence-electron chi connectivity index (χ0n) is 10.5. The van der Waals surface area contributed by atoms with Crippen molar-refractivity contribution < 1.29 is 0 Å². The highest BCUT2D eigenvalue weighted by Crippen LogP contribution is 2.34. The lowest BCUT2D eigenvalue weighted by Crippen LogP contribution is -2.34. The van der Waals surface area contributed by atoms with Crippen molar-refractivity contribution in [2.75, 3.05) is 13.1 Å². The van der Waals surface area contributed by atoms with Crippen molar-refractivity contribution in [3.8, 4) is 0 Å². The Kier molecular flexibility index (Phi) is 2.80. The van der Waals surface area contributed by atoms with E-state index in [4.69, 9.17) is 0 Å². The molecule has 1 unspecified atom stereocenters. The molecule has 0 radical (unpaired) electrons. The lowest BCUT2D eigenvalue weighted by Gasteiger charge is -2.33. The van der Waals surface area contributed by atoms with Crippen LogP contribution in [-0.2, 0) is 6.42 Å². The Morgan fingerprint density at radius 2 is 2.17 bits per heavy atom. The standard InChI is InChI=1S/C16H18N2/c1-3-10-18-11-9-13-12-7-5-6-8-14(12)17-16(13)15(18)4-2/h3-8,15,17H,1-2,9-11H2.